The van der Waals surface area contributed by atoms with E-state index in [-0.39, 0.29) is 37.3 Å². The van der Waals surface area contributed by atoms with Crippen LogP contribution in [-0.4, -0.2) is 52.2 Å². The zero-order chi connectivity index (χ0) is 22.9. The Morgan fingerprint density at radius 3 is 2.85 bits per heavy atom. The van der Waals surface area contributed by atoms with Gasteiger partial charge in [0.05, 0.1) is 17.9 Å². The Labute approximate surface area is 192 Å². The topological polar surface area (TPSA) is 136 Å². The quantitative estimate of drug-likeness (QED) is 0.660. The van der Waals surface area contributed by atoms with Crippen LogP contribution in [0.5, 0.6) is 11.5 Å². The molecule has 0 fully saturated rings. The van der Waals surface area contributed by atoms with E-state index in [1.54, 1.807) is 18.2 Å². The highest BCUT2D eigenvalue weighted by atomic mass is 32.2. The summed E-state index contributed by atoms with van der Waals surface area (Å²) in [4.78, 5) is 47.4. The summed E-state index contributed by atoms with van der Waals surface area (Å²) in [6.45, 7) is 0.457. The lowest BCUT2D eigenvalue weighted by molar-refractivity contribution is -0.128. The fourth-order valence-corrected chi connectivity index (χ4v) is 4.41. The molecule has 0 bridgehead atoms. The normalized spacial score (nSPS) is 17.8. The predicted molar refractivity (Wildman–Crippen MR) is 121 cm³/mol. The van der Waals surface area contributed by atoms with Gasteiger partial charge in [0.2, 0.25) is 18.6 Å². The molecular weight excluding hydrogens is 446 g/mol. The average Bonchev–Trinajstić information content (AvgIpc) is 3.40. The number of thioether (sulfide) groups is 1. The van der Waals surface area contributed by atoms with Gasteiger partial charge in [-0.1, -0.05) is 30.0 Å². The van der Waals surface area contributed by atoms with Crippen molar-refractivity contribution in [2.45, 2.75) is 19.0 Å². The highest BCUT2D eigenvalue weighted by Crippen LogP contribution is 2.34. The number of nitrogens with zero attached hydrogens (tertiary/aromatic N) is 3. The van der Waals surface area contributed by atoms with Crippen LogP contribution in [0.3, 0.4) is 0 Å². The maximum absolute atomic E-state index is 13.1. The van der Waals surface area contributed by atoms with Gasteiger partial charge in [-0.05, 0) is 29.8 Å². The first-order valence-electron chi connectivity index (χ1n) is 10.2. The zero-order valence-corrected chi connectivity index (χ0v) is 18.1. The van der Waals surface area contributed by atoms with Crippen LogP contribution >= 0.6 is 11.8 Å². The second kappa shape index (κ2) is 8.58. The molecule has 3 aliphatic heterocycles. The first-order chi connectivity index (χ1) is 16.0. The molecule has 0 spiro atoms. The van der Waals surface area contributed by atoms with Gasteiger partial charge in [-0.2, -0.15) is 0 Å². The summed E-state index contributed by atoms with van der Waals surface area (Å²) < 4.78 is 10.6. The Balaban J connectivity index is 1.29. The molecule has 3 amide bonds. The summed E-state index contributed by atoms with van der Waals surface area (Å²) >= 11 is 1.06. The molecule has 11 heteroatoms. The molecular formula is C22H19N5O5S. The second-order valence-corrected chi connectivity index (χ2v) is 8.42. The Morgan fingerprint density at radius 1 is 1.18 bits per heavy atom. The van der Waals surface area contributed by atoms with Crippen molar-refractivity contribution in [2.24, 2.45) is 15.7 Å². The number of carbonyl (C=O) groups is 3. The minimum absolute atomic E-state index is 0.0290. The summed E-state index contributed by atoms with van der Waals surface area (Å²) in [6.07, 6.45) is -0.112. The van der Waals surface area contributed by atoms with Gasteiger partial charge in [-0.15, -0.1) is 0 Å². The molecule has 33 heavy (non-hydrogen) atoms. The molecule has 3 aliphatic rings. The first kappa shape index (κ1) is 21.0. The molecule has 0 aliphatic carbocycles. The highest BCUT2D eigenvalue weighted by Gasteiger charge is 2.42. The smallest absolute Gasteiger partial charge is 0.259 e. The van der Waals surface area contributed by atoms with Crippen molar-refractivity contribution in [3.63, 3.8) is 0 Å². The minimum Gasteiger partial charge on any atom is -0.454 e. The van der Waals surface area contributed by atoms with E-state index in [4.69, 9.17) is 15.2 Å². The number of carbonyl (C=O) groups excluding carboxylic acids is 3. The summed E-state index contributed by atoms with van der Waals surface area (Å²) in [5.41, 5.74) is 7.44. The predicted octanol–water partition coefficient (Wildman–Crippen LogP) is 1.30. The average molecular weight is 465 g/mol. The number of nitrogens with one attached hydrogen (secondary N) is 1. The number of para-hydroxylation sites is 1. The van der Waals surface area contributed by atoms with Gasteiger partial charge < -0.3 is 20.5 Å². The molecule has 0 saturated heterocycles. The van der Waals surface area contributed by atoms with Crippen molar-refractivity contribution in [1.29, 1.82) is 0 Å². The Kier molecular flexibility index (Phi) is 5.47. The molecule has 5 rings (SSSR count). The molecule has 3 N–H and O–H groups in total. The van der Waals surface area contributed by atoms with Gasteiger partial charge in [0.15, 0.2) is 16.7 Å². The van der Waals surface area contributed by atoms with E-state index in [0.717, 1.165) is 17.3 Å². The fourth-order valence-electron chi connectivity index (χ4n) is 3.67. The van der Waals surface area contributed by atoms with Gasteiger partial charge in [0, 0.05) is 12.1 Å². The van der Waals surface area contributed by atoms with Gasteiger partial charge in [0.1, 0.15) is 11.9 Å². The molecule has 2 aromatic carbocycles. The Bertz CT molecular complexity index is 1230. The summed E-state index contributed by atoms with van der Waals surface area (Å²) in [5.74, 6) is 0.493. The molecule has 2 aromatic rings. The summed E-state index contributed by atoms with van der Waals surface area (Å²) in [5, 5.41) is 3.14. The van der Waals surface area contributed by atoms with Crippen molar-refractivity contribution < 1.29 is 23.9 Å². The minimum atomic E-state index is -0.887. The number of rotatable bonds is 6. The van der Waals surface area contributed by atoms with Crippen LogP contribution in [0.15, 0.2) is 52.4 Å². The maximum Gasteiger partial charge on any atom is 0.259 e. The largest absolute Gasteiger partial charge is 0.454 e. The van der Waals surface area contributed by atoms with E-state index in [9.17, 15) is 14.4 Å². The molecule has 0 radical (unpaired) electrons. The van der Waals surface area contributed by atoms with Crippen molar-refractivity contribution in [2.75, 3.05) is 12.5 Å². The van der Waals surface area contributed by atoms with Crippen molar-refractivity contribution in [1.82, 2.24) is 10.2 Å². The van der Waals surface area contributed by atoms with E-state index in [0.29, 0.717) is 33.8 Å². The van der Waals surface area contributed by atoms with Gasteiger partial charge in [-0.25, -0.2) is 9.89 Å². The SMILES string of the molecule is NC(=O)CSC1=Nc2ccccc2C2=N[C@@H](CC(=O)NCc3ccc4c(c3)OCO4)C(=O)N12. The first-order valence-corrected chi connectivity index (χ1v) is 11.1. The monoisotopic (exact) mass is 465 g/mol. The van der Waals surface area contributed by atoms with E-state index in [2.05, 4.69) is 15.3 Å². The highest BCUT2D eigenvalue weighted by molar-refractivity contribution is 8.14. The number of ether oxygens (including phenoxy) is 2. The van der Waals surface area contributed by atoms with Crippen molar-refractivity contribution in [3.8, 4) is 11.5 Å². The van der Waals surface area contributed by atoms with Crippen LogP contribution in [0.1, 0.15) is 17.5 Å². The van der Waals surface area contributed by atoms with E-state index in [1.165, 1.54) is 4.90 Å². The fraction of sp³-hybridized carbons (Fsp3) is 0.227. The lowest BCUT2D eigenvalue weighted by Crippen LogP contribution is -2.42. The molecule has 0 saturated carbocycles. The van der Waals surface area contributed by atoms with Crippen molar-refractivity contribution in [3.05, 3.63) is 53.6 Å². The Morgan fingerprint density at radius 2 is 2.00 bits per heavy atom. The van der Waals surface area contributed by atoms with Gasteiger partial charge in [-0.3, -0.25) is 19.4 Å². The van der Waals surface area contributed by atoms with Crippen LogP contribution < -0.4 is 20.5 Å². The molecule has 10 nitrogen and oxygen atoms in total. The molecule has 1 atom stereocenters. The van der Waals surface area contributed by atoms with Crippen LogP contribution in [0.2, 0.25) is 0 Å². The maximum atomic E-state index is 13.1. The van der Waals surface area contributed by atoms with E-state index in [1.807, 2.05) is 24.3 Å². The third-order valence-electron chi connectivity index (χ3n) is 5.20. The van der Waals surface area contributed by atoms with Crippen molar-refractivity contribution >= 4 is 46.2 Å². The van der Waals surface area contributed by atoms with Crippen LogP contribution in [-0.2, 0) is 20.9 Å². The standard InChI is InChI=1S/C22H19N5O5S/c23-18(28)10-33-22-26-14-4-2-1-3-13(14)20-25-15(21(30)27(20)22)8-19(29)24-9-12-5-6-16-17(7-12)32-11-31-16/h1-7,15H,8-11H2,(H2,23,28)(H,24,29)/t15-/m0/s1. The van der Waals surface area contributed by atoms with E-state index < -0.39 is 11.9 Å². The summed E-state index contributed by atoms with van der Waals surface area (Å²) in [7, 11) is 0. The number of aliphatic imine (C=N–C) groups is 2. The van der Waals surface area contributed by atoms with E-state index >= 15 is 0 Å². The third kappa shape index (κ3) is 4.14. The zero-order valence-electron chi connectivity index (χ0n) is 17.3. The molecule has 3 heterocycles. The number of amides is 3. The Hall–Kier alpha value is -3.86. The number of amidine groups is 2. The van der Waals surface area contributed by atoms with Crippen LogP contribution in [0.4, 0.5) is 5.69 Å². The number of fused-ring (bicyclic) bond motifs is 4. The molecule has 168 valence electrons. The number of hydrogen-bond donors (Lipinski definition) is 2. The number of hydrogen-bond acceptors (Lipinski definition) is 8. The lowest BCUT2D eigenvalue weighted by Gasteiger charge is -2.25. The lowest BCUT2D eigenvalue weighted by atomic mass is 10.1. The number of primary amides is 1. The van der Waals surface area contributed by atoms with Gasteiger partial charge >= 0.3 is 0 Å². The number of benzene rings is 2. The molecule has 0 unspecified atom stereocenters. The van der Waals surface area contributed by atoms with Crippen LogP contribution in [0, 0.1) is 0 Å². The van der Waals surface area contributed by atoms with Gasteiger partial charge in [0.25, 0.3) is 5.91 Å². The number of nitrogens with two attached hydrogens (primary N) is 1. The second-order valence-electron chi connectivity index (χ2n) is 7.48. The third-order valence-corrected chi connectivity index (χ3v) is 6.16. The summed E-state index contributed by atoms with van der Waals surface area (Å²) in [6, 6.07) is 11.8. The molecule has 0 aromatic heterocycles. The van der Waals surface area contributed by atoms with Crippen LogP contribution in [0.25, 0.3) is 0 Å².